The second kappa shape index (κ2) is 8.26. The number of hydrogen-bond acceptors (Lipinski definition) is 4. The third kappa shape index (κ3) is 3.95. The van der Waals surface area contributed by atoms with Crippen molar-refractivity contribution < 1.29 is 19.1 Å². The lowest BCUT2D eigenvalue weighted by Gasteiger charge is -2.44. The second-order valence-corrected chi connectivity index (χ2v) is 13.0. The van der Waals surface area contributed by atoms with E-state index in [9.17, 15) is 9.90 Å². The van der Waals surface area contributed by atoms with Crippen LogP contribution in [-0.2, 0) is 14.0 Å². The summed E-state index contributed by atoms with van der Waals surface area (Å²) in [6.45, 7) is 6.76. The van der Waals surface area contributed by atoms with Crippen molar-refractivity contribution in [2.24, 2.45) is 5.41 Å². The molecule has 0 aliphatic heterocycles. The summed E-state index contributed by atoms with van der Waals surface area (Å²) in [5, 5.41) is 12.2. The van der Waals surface area contributed by atoms with E-state index in [4.69, 9.17) is 9.16 Å². The van der Waals surface area contributed by atoms with Gasteiger partial charge in [0.05, 0.1) is 19.8 Å². The first-order valence-corrected chi connectivity index (χ1v) is 11.9. The van der Waals surface area contributed by atoms with Crippen molar-refractivity contribution in [1.82, 2.24) is 0 Å². The van der Waals surface area contributed by atoms with Gasteiger partial charge >= 0.3 is 5.97 Å². The Kier molecular flexibility index (Phi) is 6.12. The summed E-state index contributed by atoms with van der Waals surface area (Å²) in [6.07, 6.45) is 3.02. The molecule has 29 heavy (non-hydrogen) atoms. The summed E-state index contributed by atoms with van der Waals surface area (Å²) < 4.78 is 12.0. The lowest BCUT2D eigenvalue weighted by molar-refractivity contribution is -0.152. The predicted octanol–water partition coefficient (Wildman–Crippen LogP) is 3.04. The van der Waals surface area contributed by atoms with Gasteiger partial charge in [0.25, 0.3) is 8.32 Å². The molecule has 0 fully saturated rings. The molecule has 2 atom stereocenters. The summed E-state index contributed by atoms with van der Waals surface area (Å²) in [7, 11) is -1.39. The fourth-order valence-electron chi connectivity index (χ4n) is 4.32. The normalized spacial score (nSPS) is 21.9. The molecule has 0 bridgehead atoms. The molecule has 3 rings (SSSR count). The summed E-state index contributed by atoms with van der Waals surface area (Å²) in [4.78, 5) is 12.7. The smallest absolute Gasteiger partial charge is 0.318 e. The van der Waals surface area contributed by atoms with E-state index in [0.717, 1.165) is 10.4 Å². The van der Waals surface area contributed by atoms with Crippen LogP contribution in [0, 0.1) is 5.41 Å². The van der Waals surface area contributed by atoms with Gasteiger partial charge in [-0.15, -0.1) is 0 Å². The van der Waals surface area contributed by atoms with Crippen LogP contribution in [0.5, 0.6) is 0 Å². The SMILES string of the molecule is COC(=O)[C@]1(CO[Si](c2ccccc2)(c2ccccc2)C(C)(C)C)C=C[C@H](O)C1. The first-order chi connectivity index (χ1) is 13.7. The molecule has 0 amide bonds. The van der Waals surface area contributed by atoms with Crippen LogP contribution in [0.1, 0.15) is 27.2 Å². The number of carbonyl (C=O) groups excluding carboxylic acids is 1. The van der Waals surface area contributed by atoms with E-state index in [0.29, 0.717) is 0 Å². The van der Waals surface area contributed by atoms with Gasteiger partial charge in [-0.05, 0) is 21.8 Å². The van der Waals surface area contributed by atoms with E-state index < -0.39 is 19.8 Å². The third-order valence-corrected chi connectivity index (χ3v) is 10.7. The molecule has 2 aromatic carbocycles. The van der Waals surface area contributed by atoms with Gasteiger partial charge in [-0.1, -0.05) is 93.6 Å². The minimum Gasteiger partial charge on any atom is -0.468 e. The minimum absolute atomic E-state index is 0.167. The Hall–Kier alpha value is -2.21. The number of esters is 1. The van der Waals surface area contributed by atoms with Gasteiger partial charge in [0, 0.05) is 0 Å². The molecule has 2 aromatic rings. The van der Waals surface area contributed by atoms with Gasteiger partial charge in [-0.25, -0.2) is 0 Å². The maximum absolute atomic E-state index is 12.7. The Balaban J connectivity index is 2.11. The average Bonchev–Trinajstić information content (AvgIpc) is 3.10. The molecule has 1 aliphatic carbocycles. The minimum atomic E-state index is -2.77. The molecule has 5 heteroatoms. The Morgan fingerprint density at radius 3 is 1.97 bits per heavy atom. The van der Waals surface area contributed by atoms with E-state index >= 15 is 0 Å². The summed E-state index contributed by atoms with van der Waals surface area (Å²) in [6, 6.07) is 20.6. The van der Waals surface area contributed by atoms with Crippen molar-refractivity contribution in [1.29, 1.82) is 0 Å². The molecule has 4 nitrogen and oxygen atoms in total. The second-order valence-electron chi connectivity index (χ2n) is 8.73. The van der Waals surface area contributed by atoms with Crippen LogP contribution in [0.4, 0.5) is 0 Å². The average molecular weight is 411 g/mol. The Labute approximate surface area is 174 Å². The predicted molar refractivity (Wildman–Crippen MR) is 118 cm³/mol. The van der Waals surface area contributed by atoms with Gasteiger partial charge in [-0.2, -0.15) is 0 Å². The van der Waals surface area contributed by atoms with E-state index in [2.05, 4.69) is 45.0 Å². The highest BCUT2D eigenvalue weighted by molar-refractivity contribution is 6.99. The number of ether oxygens (including phenoxy) is 1. The summed E-state index contributed by atoms with van der Waals surface area (Å²) in [5.41, 5.74) is -0.971. The highest BCUT2D eigenvalue weighted by Crippen LogP contribution is 2.40. The molecule has 1 aliphatic rings. The van der Waals surface area contributed by atoms with Gasteiger partial charge in [0.2, 0.25) is 0 Å². The zero-order chi connectivity index (χ0) is 21.1. The third-order valence-electron chi connectivity index (χ3n) is 5.77. The molecular formula is C24H30O4Si. The molecule has 1 N–H and O–H groups in total. The zero-order valence-corrected chi connectivity index (χ0v) is 18.6. The molecule has 154 valence electrons. The maximum Gasteiger partial charge on any atom is 0.318 e. The number of carbonyl (C=O) groups is 1. The summed E-state index contributed by atoms with van der Waals surface area (Å²) in [5.74, 6) is -0.372. The van der Waals surface area contributed by atoms with E-state index in [-0.39, 0.29) is 24.0 Å². The molecule has 0 heterocycles. The van der Waals surface area contributed by atoms with Crippen LogP contribution < -0.4 is 10.4 Å². The van der Waals surface area contributed by atoms with Crippen molar-refractivity contribution in [2.45, 2.75) is 38.3 Å². The topological polar surface area (TPSA) is 55.8 Å². The van der Waals surface area contributed by atoms with Crippen molar-refractivity contribution in [2.75, 3.05) is 13.7 Å². The monoisotopic (exact) mass is 410 g/mol. The first-order valence-electron chi connectivity index (χ1n) is 9.96. The lowest BCUT2D eigenvalue weighted by Crippen LogP contribution is -2.67. The van der Waals surface area contributed by atoms with E-state index in [1.54, 1.807) is 12.2 Å². The van der Waals surface area contributed by atoms with Crippen molar-refractivity contribution >= 4 is 24.7 Å². The lowest BCUT2D eigenvalue weighted by atomic mass is 9.88. The summed E-state index contributed by atoms with van der Waals surface area (Å²) >= 11 is 0. The van der Waals surface area contributed by atoms with Gasteiger partial charge in [0.15, 0.2) is 0 Å². The first kappa shape index (κ1) is 21.5. The Bertz CT molecular complexity index is 818. The molecule has 0 unspecified atom stereocenters. The number of aliphatic hydroxyl groups excluding tert-OH is 1. The van der Waals surface area contributed by atoms with Crippen LogP contribution in [-0.4, -0.2) is 39.2 Å². The van der Waals surface area contributed by atoms with Crippen LogP contribution in [0.2, 0.25) is 5.04 Å². The maximum atomic E-state index is 12.7. The Morgan fingerprint density at radius 2 is 1.59 bits per heavy atom. The largest absolute Gasteiger partial charge is 0.468 e. The number of benzene rings is 2. The van der Waals surface area contributed by atoms with Gasteiger partial charge < -0.3 is 14.3 Å². The van der Waals surface area contributed by atoms with E-state index in [1.807, 2.05) is 36.4 Å². The van der Waals surface area contributed by atoms with Crippen molar-refractivity contribution in [3.63, 3.8) is 0 Å². The quantitative estimate of drug-likeness (QED) is 0.452. The molecule has 0 spiro atoms. The number of rotatable bonds is 6. The fourth-order valence-corrected chi connectivity index (χ4v) is 8.95. The standard InChI is InChI=1S/C24H30O4Si/c1-23(2,3)29(20-11-7-5-8-12-20,21-13-9-6-10-14-21)28-18-24(22(26)27-4)16-15-19(25)17-24/h5-16,19,25H,17-18H2,1-4H3/t19-,24+/m0/s1. The number of aliphatic hydroxyl groups is 1. The Morgan fingerprint density at radius 1 is 1.07 bits per heavy atom. The molecule has 0 aromatic heterocycles. The van der Waals surface area contributed by atoms with E-state index in [1.165, 1.54) is 7.11 Å². The molecule has 0 radical (unpaired) electrons. The van der Waals surface area contributed by atoms with Crippen molar-refractivity contribution in [3.05, 3.63) is 72.8 Å². The van der Waals surface area contributed by atoms with Crippen molar-refractivity contribution in [3.8, 4) is 0 Å². The van der Waals surface area contributed by atoms with Crippen LogP contribution >= 0.6 is 0 Å². The molecule has 0 saturated heterocycles. The number of hydrogen-bond donors (Lipinski definition) is 1. The van der Waals surface area contributed by atoms with Crippen LogP contribution in [0.3, 0.4) is 0 Å². The zero-order valence-electron chi connectivity index (χ0n) is 17.6. The molecular weight excluding hydrogens is 380 g/mol. The highest BCUT2D eigenvalue weighted by Gasteiger charge is 2.53. The number of methoxy groups -OCH3 is 1. The van der Waals surface area contributed by atoms with Crippen LogP contribution in [0.25, 0.3) is 0 Å². The van der Waals surface area contributed by atoms with Gasteiger partial charge in [-0.3, -0.25) is 4.79 Å². The highest BCUT2D eigenvalue weighted by atomic mass is 28.4. The van der Waals surface area contributed by atoms with Crippen LogP contribution in [0.15, 0.2) is 72.8 Å². The fraction of sp³-hybridized carbons (Fsp3) is 0.375. The van der Waals surface area contributed by atoms with Gasteiger partial charge in [0.1, 0.15) is 5.41 Å². The molecule has 0 saturated carbocycles.